The first kappa shape index (κ1) is 20.4. The average Bonchev–Trinajstić information content (AvgIpc) is 2.65. The lowest BCUT2D eigenvalue weighted by Gasteiger charge is -2.17. The molecule has 0 aliphatic carbocycles. The van der Waals surface area contributed by atoms with Crippen molar-refractivity contribution in [1.82, 2.24) is 5.32 Å². The predicted molar refractivity (Wildman–Crippen MR) is 99.8 cm³/mol. The fraction of sp³-hybridized carbons (Fsp3) is 0.263. The van der Waals surface area contributed by atoms with Crippen molar-refractivity contribution < 1.29 is 28.9 Å². The van der Waals surface area contributed by atoms with Crippen LogP contribution in [0.2, 0.25) is 5.02 Å². The highest BCUT2D eigenvalue weighted by Crippen LogP contribution is 2.28. The van der Waals surface area contributed by atoms with Crippen LogP contribution < -0.4 is 19.5 Å². The summed E-state index contributed by atoms with van der Waals surface area (Å²) >= 11 is 6.06. The number of carboxylic acid groups (broad SMARTS) is 1. The van der Waals surface area contributed by atoms with Crippen molar-refractivity contribution in [3.8, 4) is 17.2 Å². The molecule has 0 saturated heterocycles. The molecule has 0 saturated carbocycles. The maximum Gasteiger partial charge on any atom is 0.330 e. The SMILES string of the molecule is COc1ccc(OC)c(CC(=O)NC(C(=O)O)c2ccc(OC)c(Cl)c2)c1. The fourth-order valence-electron chi connectivity index (χ4n) is 2.55. The van der Waals surface area contributed by atoms with Gasteiger partial charge in [0.15, 0.2) is 6.04 Å². The van der Waals surface area contributed by atoms with E-state index in [0.29, 0.717) is 28.4 Å². The minimum atomic E-state index is -1.25. The van der Waals surface area contributed by atoms with Gasteiger partial charge in [0.25, 0.3) is 0 Å². The number of benzene rings is 2. The first-order valence-electron chi connectivity index (χ1n) is 7.96. The zero-order chi connectivity index (χ0) is 20.0. The molecule has 1 unspecified atom stereocenters. The monoisotopic (exact) mass is 393 g/mol. The Morgan fingerprint density at radius 2 is 1.70 bits per heavy atom. The molecule has 7 nitrogen and oxygen atoms in total. The number of methoxy groups -OCH3 is 3. The molecule has 0 aliphatic rings. The number of ether oxygens (including phenoxy) is 3. The second-order valence-corrected chi connectivity index (χ2v) is 5.99. The van der Waals surface area contributed by atoms with Crippen molar-refractivity contribution in [3.63, 3.8) is 0 Å². The van der Waals surface area contributed by atoms with Crippen LogP contribution in [0.4, 0.5) is 0 Å². The third-order valence-corrected chi connectivity index (χ3v) is 4.20. The van der Waals surface area contributed by atoms with Gasteiger partial charge < -0.3 is 24.6 Å². The molecule has 2 aromatic rings. The second kappa shape index (κ2) is 9.14. The first-order chi connectivity index (χ1) is 12.9. The van der Waals surface area contributed by atoms with Gasteiger partial charge in [-0.25, -0.2) is 4.79 Å². The van der Waals surface area contributed by atoms with Crippen LogP contribution in [0.5, 0.6) is 17.2 Å². The molecule has 1 atom stereocenters. The summed E-state index contributed by atoms with van der Waals surface area (Å²) in [4.78, 5) is 24.1. The van der Waals surface area contributed by atoms with E-state index in [9.17, 15) is 14.7 Å². The third kappa shape index (κ3) is 5.04. The Morgan fingerprint density at radius 1 is 1.04 bits per heavy atom. The molecule has 2 N–H and O–H groups in total. The number of hydrogen-bond donors (Lipinski definition) is 2. The summed E-state index contributed by atoms with van der Waals surface area (Å²) in [5.41, 5.74) is 0.908. The van der Waals surface area contributed by atoms with Gasteiger partial charge in [0.05, 0.1) is 32.8 Å². The fourth-order valence-corrected chi connectivity index (χ4v) is 2.82. The van der Waals surface area contributed by atoms with Crippen molar-refractivity contribution in [3.05, 3.63) is 52.5 Å². The number of halogens is 1. The third-order valence-electron chi connectivity index (χ3n) is 3.90. The van der Waals surface area contributed by atoms with Crippen molar-refractivity contribution in [1.29, 1.82) is 0 Å². The summed E-state index contributed by atoms with van der Waals surface area (Å²) in [6, 6.07) is 8.33. The molecule has 0 aromatic heterocycles. The van der Waals surface area contributed by atoms with E-state index < -0.39 is 17.9 Å². The van der Waals surface area contributed by atoms with E-state index in [1.54, 1.807) is 24.3 Å². The molecular formula is C19H20ClNO6. The maximum absolute atomic E-state index is 12.4. The number of aliphatic carboxylic acids is 1. The zero-order valence-electron chi connectivity index (χ0n) is 15.1. The minimum absolute atomic E-state index is 0.0754. The van der Waals surface area contributed by atoms with E-state index in [1.807, 2.05) is 0 Å². The van der Waals surface area contributed by atoms with Gasteiger partial charge in [0, 0.05) is 5.56 Å². The van der Waals surface area contributed by atoms with Gasteiger partial charge in [-0.1, -0.05) is 17.7 Å². The summed E-state index contributed by atoms with van der Waals surface area (Å²) < 4.78 is 15.4. The van der Waals surface area contributed by atoms with Crippen LogP contribution in [0.25, 0.3) is 0 Å². The minimum Gasteiger partial charge on any atom is -0.497 e. The molecule has 0 bridgehead atoms. The van der Waals surface area contributed by atoms with E-state index in [4.69, 9.17) is 25.8 Å². The number of nitrogens with one attached hydrogen (secondary N) is 1. The predicted octanol–water partition coefficient (Wildman–Crippen LogP) is 2.85. The van der Waals surface area contributed by atoms with Crippen LogP contribution in [0, 0.1) is 0 Å². The van der Waals surface area contributed by atoms with Crippen LogP contribution in [0.1, 0.15) is 17.2 Å². The van der Waals surface area contributed by atoms with E-state index in [0.717, 1.165) is 0 Å². The second-order valence-electron chi connectivity index (χ2n) is 5.59. The van der Waals surface area contributed by atoms with E-state index in [1.165, 1.54) is 33.5 Å². The lowest BCUT2D eigenvalue weighted by Crippen LogP contribution is -2.34. The number of rotatable bonds is 8. The molecular weight excluding hydrogens is 374 g/mol. The van der Waals surface area contributed by atoms with Gasteiger partial charge >= 0.3 is 5.97 Å². The summed E-state index contributed by atoms with van der Waals surface area (Å²) in [5, 5.41) is 12.3. The van der Waals surface area contributed by atoms with Crippen LogP contribution >= 0.6 is 11.6 Å². The van der Waals surface area contributed by atoms with Gasteiger partial charge in [-0.3, -0.25) is 4.79 Å². The normalized spacial score (nSPS) is 11.4. The molecule has 144 valence electrons. The highest BCUT2D eigenvalue weighted by atomic mass is 35.5. The number of carboxylic acids is 1. The van der Waals surface area contributed by atoms with E-state index in [-0.39, 0.29) is 11.4 Å². The Morgan fingerprint density at radius 3 is 2.26 bits per heavy atom. The molecule has 0 spiro atoms. The Hall–Kier alpha value is -2.93. The molecule has 0 radical (unpaired) electrons. The zero-order valence-corrected chi connectivity index (χ0v) is 15.9. The van der Waals surface area contributed by atoms with Crippen LogP contribution in [0.3, 0.4) is 0 Å². The van der Waals surface area contributed by atoms with Crippen molar-refractivity contribution >= 4 is 23.5 Å². The van der Waals surface area contributed by atoms with E-state index >= 15 is 0 Å². The smallest absolute Gasteiger partial charge is 0.330 e. The molecule has 2 aromatic carbocycles. The average molecular weight is 394 g/mol. The quantitative estimate of drug-likeness (QED) is 0.716. The van der Waals surface area contributed by atoms with Crippen LogP contribution in [-0.2, 0) is 16.0 Å². The first-order valence-corrected chi connectivity index (χ1v) is 8.34. The Balaban J connectivity index is 2.21. The standard InChI is InChI=1S/C19H20ClNO6/c1-25-13-5-7-15(26-2)12(8-13)10-17(22)21-18(19(23)24)11-4-6-16(27-3)14(20)9-11/h4-9,18H,10H2,1-3H3,(H,21,22)(H,23,24). The van der Waals surface area contributed by atoms with Gasteiger partial charge in [-0.2, -0.15) is 0 Å². The number of carbonyl (C=O) groups is 2. The number of carbonyl (C=O) groups excluding carboxylic acids is 1. The summed E-state index contributed by atoms with van der Waals surface area (Å²) in [6.45, 7) is 0. The highest BCUT2D eigenvalue weighted by Gasteiger charge is 2.23. The molecule has 27 heavy (non-hydrogen) atoms. The highest BCUT2D eigenvalue weighted by molar-refractivity contribution is 6.32. The number of hydrogen-bond acceptors (Lipinski definition) is 5. The van der Waals surface area contributed by atoms with Gasteiger partial charge in [0.2, 0.25) is 5.91 Å². The number of amides is 1. The lowest BCUT2D eigenvalue weighted by atomic mass is 10.1. The van der Waals surface area contributed by atoms with Gasteiger partial charge in [-0.15, -0.1) is 0 Å². The van der Waals surface area contributed by atoms with Gasteiger partial charge in [0.1, 0.15) is 17.2 Å². The Kier molecular flexibility index (Phi) is 6.90. The molecule has 0 heterocycles. The topological polar surface area (TPSA) is 94.1 Å². The van der Waals surface area contributed by atoms with Crippen LogP contribution in [-0.4, -0.2) is 38.3 Å². The summed E-state index contributed by atoms with van der Waals surface area (Å²) in [6.07, 6.45) is -0.0754. The van der Waals surface area contributed by atoms with Crippen LogP contribution in [0.15, 0.2) is 36.4 Å². The van der Waals surface area contributed by atoms with Gasteiger partial charge in [-0.05, 0) is 35.9 Å². The summed E-state index contributed by atoms with van der Waals surface area (Å²) in [7, 11) is 4.46. The Bertz CT molecular complexity index is 839. The summed E-state index contributed by atoms with van der Waals surface area (Å²) in [5.74, 6) is -0.208. The van der Waals surface area contributed by atoms with Crippen molar-refractivity contribution in [2.24, 2.45) is 0 Å². The largest absolute Gasteiger partial charge is 0.497 e. The molecule has 8 heteroatoms. The Labute approximate surface area is 161 Å². The van der Waals surface area contributed by atoms with Crippen molar-refractivity contribution in [2.75, 3.05) is 21.3 Å². The maximum atomic E-state index is 12.4. The van der Waals surface area contributed by atoms with Crippen molar-refractivity contribution in [2.45, 2.75) is 12.5 Å². The van der Waals surface area contributed by atoms with E-state index in [2.05, 4.69) is 5.32 Å². The molecule has 0 aliphatic heterocycles. The molecule has 1 amide bonds. The molecule has 2 rings (SSSR count). The lowest BCUT2D eigenvalue weighted by molar-refractivity contribution is -0.142. The molecule has 0 fully saturated rings.